The van der Waals surface area contributed by atoms with Crippen LogP contribution in [0, 0.1) is 0 Å². The molecule has 2 aromatic rings. The average Bonchev–Trinajstić information content (AvgIpc) is 2.60. The van der Waals surface area contributed by atoms with Crippen molar-refractivity contribution in [2.75, 3.05) is 21.3 Å². The second-order valence-corrected chi connectivity index (χ2v) is 10.3. The summed E-state index contributed by atoms with van der Waals surface area (Å²) in [7, 11) is -7.24. The molecule has 140 valence electrons. The summed E-state index contributed by atoms with van der Waals surface area (Å²) in [6, 6.07) is 10.9. The van der Waals surface area contributed by atoms with Crippen molar-refractivity contribution >= 4 is 43.0 Å². The van der Waals surface area contributed by atoms with E-state index in [9.17, 15) is 16.8 Å². The third-order valence-corrected chi connectivity index (χ3v) is 7.61. The monoisotopic (exact) mass is 414 g/mol. The summed E-state index contributed by atoms with van der Waals surface area (Å²) in [4.78, 5) is 0.0424. The van der Waals surface area contributed by atoms with Crippen LogP contribution in [0.3, 0.4) is 0 Å². The first-order valence-electron chi connectivity index (χ1n) is 8.15. The molecule has 1 N–H and O–H groups in total. The van der Waals surface area contributed by atoms with Crippen LogP contribution in [-0.4, -0.2) is 29.1 Å². The van der Waals surface area contributed by atoms with Crippen molar-refractivity contribution in [3.05, 3.63) is 53.1 Å². The topological polar surface area (TPSA) is 83.6 Å². The van der Waals surface area contributed by atoms with Crippen LogP contribution in [0.4, 0.5) is 11.4 Å². The van der Waals surface area contributed by atoms with Gasteiger partial charge in [0.1, 0.15) is 0 Å². The second kappa shape index (κ2) is 7.09. The minimum atomic E-state index is -3.82. The van der Waals surface area contributed by atoms with Crippen LogP contribution in [0.1, 0.15) is 18.9 Å². The summed E-state index contributed by atoms with van der Waals surface area (Å²) in [5.74, 6) is -0.00902. The minimum absolute atomic E-state index is 0.00902. The summed E-state index contributed by atoms with van der Waals surface area (Å²) in [6.07, 6.45) is 1.49. The fourth-order valence-electron chi connectivity index (χ4n) is 2.90. The first kappa shape index (κ1) is 19.0. The first-order chi connectivity index (χ1) is 12.2. The van der Waals surface area contributed by atoms with Crippen LogP contribution in [0.25, 0.3) is 0 Å². The molecular weight excluding hydrogens is 396 g/mol. The largest absolute Gasteiger partial charge is 0.280 e. The number of rotatable bonds is 5. The third kappa shape index (κ3) is 3.82. The Morgan fingerprint density at radius 3 is 2.58 bits per heavy atom. The summed E-state index contributed by atoms with van der Waals surface area (Å²) < 4.78 is 53.7. The van der Waals surface area contributed by atoms with Gasteiger partial charge < -0.3 is 0 Å². The van der Waals surface area contributed by atoms with Crippen LogP contribution in [0.15, 0.2) is 47.4 Å². The molecule has 0 unspecified atom stereocenters. The van der Waals surface area contributed by atoms with Gasteiger partial charge in [0.05, 0.1) is 22.0 Å². The van der Waals surface area contributed by atoms with Gasteiger partial charge in [-0.25, -0.2) is 16.8 Å². The fraction of sp³-hybridized carbons (Fsp3) is 0.294. The second-order valence-electron chi connectivity index (χ2n) is 5.98. The number of sulfonamides is 2. The zero-order valence-corrected chi connectivity index (χ0v) is 16.5. The molecule has 0 bridgehead atoms. The Kier molecular flexibility index (Phi) is 5.18. The Labute approximate surface area is 158 Å². The maximum absolute atomic E-state index is 12.6. The zero-order chi connectivity index (χ0) is 18.9. The molecule has 26 heavy (non-hydrogen) atoms. The van der Waals surface area contributed by atoms with Crippen LogP contribution >= 0.6 is 11.6 Å². The highest BCUT2D eigenvalue weighted by atomic mass is 35.5. The Hall–Kier alpha value is -1.77. The van der Waals surface area contributed by atoms with E-state index in [1.54, 1.807) is 37.3 Å². The number of halogens is 1. The molecule has 6 nitrogen and oxygen atoms in total. The molecule has 0 amide bonds. The standard InChI is InChI=1S/C17H19ClN2O4S2/c1-2-25(21,22)20-10-4-5-13-8-9-15(12-17(13)20)19-26(23,24)16-7-3-6-14(18)11-16/h3,6-9,11-12,19H,2,4-5,10H2,1H3. The van der Waals surface area contributed by atoms with Crippen LogP contribution < -0.4 is 9.03 Å². The van der Waals surface area contributed by atoms with Gasteiger partial charge in [-0.1, -0.05) is 23.7 Å². The van der Waals surface area contributed by atoms with Crippen LogP contribution in [0.5, 0.6) is 0 Å². The molecule has 0 saturated carbocycles. The lowest BCUT2D eigenvalue weighted by molar-refractivity contribution is 0.588. The van der Waals surface area contributed by atoms with Gasteiger partial charge in [-0.15, -0.1) is 0 Å². The molecule has 9 heteroatoms. The van der Waals surface area contributed by atoms with E-state index in [-0.39, 0.29) is 10.6 Å². The lowest BCUT2D eigenvalue weighted by Gasteiger charge is -2.30. The Balaban J connectivity index is 1.97. The van der Waals surface area contributed by atoms with Crippen molar-refractivity contribution in [2.45, 2.75) is 24.7 Å². The van der Waals surface area contributed by atoms with E-state index in [0.717, 1.165) is 18.4 Å². The third-order valence-electron chi connectivity index (χ3n) is 4.22. The molecule has 0 aliphatic carbocycles. The molecule has 3 rings (SSSR count). The number of aryl methyl sites for hydroxylation is 1. The average molecular weight is 415 g/mol. The normalized spacial score (nSPS) is 14.8. The van der Waals surface area contributed by atoms with Crippen molar-refractivity contribution in [2.24, 2.45) is 0 Å². The van der Waals surface area contributed by atoms with Crippen molar-refractivity contribution in [1.82, 2.24) is 0 Å². The number of hydrogen-bond donors (Lipinski definition) is 1. The van der Waals surface area contributed by atoms with Gasteiger partial charge in [0.15, 0.2) is 0 Å². The van der Waals surface area contributed by atoms with Gasteiger partial charge in [0, 0.05) is 11.6 Å². The van der Waals surface area contributed by atoms with E-state index in [0.29, 0.717) is 22.9 Å². The SMILES string of the molecule is CCS(=O)(=O)N1CCCc2ccc(NS(=O)(=O)c3cccc(Cl)c3)cc21. The summed E-state index contributed by atoms with van der Waals surface area (Å²) in [5.41, 5.74) is 1.73. The molecule has 0 aromatic heterocycles. The highest BCUT2D eigenvalue weighted by molar-refractivity contribution is 7.93. The van der Waals surface area contributed by atoms with Gasteiger partial charge in [0.2, 0.25) is 10.0 Å². The first-order valence-corrected chi connectivity index (χ1v) is 11.6. The molecule has 0 radical (unpaired) electrons. The van der Waals surface area contributed by atoms with Gasteiger partial charge in [-0.05, 0) is 55.7 Å². The number of fused-ring (bicyclic) bond motifs is 1. The van der Waals surface area contributed by atoms with E-state index < -0.39 is 20.0 Å². The highest BCUT2D eigenvalue weighted by Crippen LogP contribution is 2.33. The van der Waals surface area contributed by atoms with E-state index in [1.165, 1.54) is 16.4 Å². The van der Waals surface area contributed by atoms with Crippen molar-refractivity contribution in [3.8, 4) is 0 Å². The molecule has 1 heterocycles. The fourth-order valence-corrected chi connectivity index (χ4v) is 5.44. The molecule has 1 aliphatic rings. The quantitative estimate of drug-likeness (QED) is 0.813. The van der Waals surface area contributed by atoms with Gasteiger partial charge in [-0.2, -0.15) is 0 Å². The molecule has 2 aromatic carbocycles. The summed E-state index contributed by atoms with van der Waals surface area (Å²) in [5, 5.41) is 0.318. The van der Waals surface area contributed by atoms with E-state index in [4.69, 9.17) is 11.6 Å². The summed E-state index contributed by atoms with van der Waals surface area (Å²) >= 11 is 5.87. The number of nitrogens with one attached hydrogen (secondary N) is 1. The maximum atomic E-state index is 12.6. The Bertz CT molecular complexity index is 1040. The molecule has 0 atom stereocenters. The van der Waals surface area contributed by atoms with Gasteiger partial charge in [0.25, 0.3) is 10.0 Å². The van der Waals surface area contributed by atoms with Crippen molar-refractivity contribution < 1.29 is 16.8 Å². The van der Waals surface area contributed by atoms with Crippen molar-refractivity contribution in [1.29, 1.82) is 0 Å². The predicted molar refractivity (Wildman–Crippen MR) is 104 cm³/mol. The molecule has 0 saturated heterocycles. The number of hydrogen-bond acceptors (Lipinski definition) is 4. The van der Waals surface area contributed by atoms with Crippen LogP contribution in [0.2, 0.25) is 5.02 Å². The smallest absolute Gasteiger partial charge is 0.261 e. The Morgan fingerprint density at radius 1 is 1.12 bits per heavy atom. The molecular formula is C17H19ClN2O4S2. The zero-order valence-electron chi connectivity index (χ0n) is 14.1. The lowest BCUT2D eigenvalue weighted by Crippen LogP contribution is -2.36. The number of anilines is 2. The summed E-state index contributed by atoms with van der Waals surface area (Å²) in [6.45, 7) is 1.99. The van der Waals surface area contributed by atoms with E-state index in [1.807, 2.05) is 0 Å². The lowest BCUT2D eigenvalue weighted by atomic mass is 10.0. The van der Waals surface area contributed by atoms with E-state index in [2.05, 4.69) is 4.72 Å². The van der Waals surface area contributed by atoms with Gasteiger partial charge >= 0.3 is 0 Å². The molecule has 1 aliphatic heterocycles. The maximum Gasteiger partial charge on any atom is 0.261 e. The molecule has 0 spiro atoms. The highest BCUT2D eigenvalue weighted by Gasteiger charge is 2.26. The minimum Gasteiger partial charge on any atom is -0.280 e. The number of nitrogens with zero attached hydrogens (tertiary/aromatic N) is 1. The Morgan fingerprint density at radius 2 is 1.88 bits per heavy atom. The van der Waals surface area contributed by atoms with E-state index >= 15 is 0 Å². The molecule has 0 fully saturated rings. The van der Waals surface area contributed by atoms with Crippen molar-refractivity contribution in [3.63, 3.8) is 0 Å². The van der Waals surface area contributed by atoms with Gasteiger partial charge in [-0.3, -0.25) is 9.03 Å². The predicted octanol–water partition coefficient (Wildman–Crippen LogP) is 3.24. The van der Waals surface area contributed by atoms with Crippen LogP contribution in [-0.2, 0) is 26.5 Å². The number of benzene rings is 2.